The highest BCUT2D eigenvalue weighted by atomic mass is 16.5. The van der Waals surface area contributed by atoms with Crippen LogP contribution in [0.3, 0.4) is 0 Å². The predicted molar refractivity (Wildman–Crippen MR) is 175 cm³/mol. The van der Waals surface area contributed by atoms with E-state index in [0.717, 1.165) is 25.7 Å². The molecule has 1 amide bonds. The number of amides is 1. The van der Waals surface area contributed by atoms with Gasteiger partial charge in [0.25, 0.3) is 0 Å². The normalized spacial score (nSPS) is 11.2. The van der Waals surface area contributed by atoms with E-state index in [2.05, 4.69) is 13.8 Å². The second kappa shape index (κ2) is 33.4. The third-order valence-corrected chi connectivity index (χ3v) is 8.33. The number of hydrogen-bond acceptors (Lipinski definition) is 4. The van der Waals surface area contributed by atoms with Crippen molar-refractivity contribution in [2.45, 2.75) is 194 Å². The van der Waals surface area contributed by atoms with Crippen molar-refractivity contribution in [3.63, 3.8) is 0 Å². The van der Waals surface area contributed by atoms with Crippen LogP contribution < -0.4 is 0 Å². The molecule has 0 aromatic heterocycles. The number of nitrogens with zero attached hydrogens (tertiary/aromatic N) is 1. The number of esters is 1. The molecule has 0 unspecified atom stereocenters. The number of unbranched alkanes of at least 4 members (excludes halogenated alkanes) is 24. The maximum atomic E-state index is 12.6. The molecule has 0 aromatic carbocycles. The van der Waals surface area contributed by atoms with E-state index in [-0.39, 0.29) is 25.1 Å². The smallest absolute Gasteiger partial charge is 0.305 e. The quantitative estimate of drug-likeness (QED) is 0.0618. The summed E-state index contributed by atoms with van der Waals surface area (Å²) in [4.78, 5) is 26.3. The van der Waals surface area contributed by atoms with Gasteiger partial charge in [-0.2, -0.15) is 0 Å². The first-order chi connectivity index (χ1) is 20.2. The molecule has 0 atom stereocenters. The number of ether oxygens (including phenoxy) is 1. The zero-order chi connectivity index (χ0) is 30.1. The van der Waals surface area contributed by atoms with Crippen LogP contribution in [0.5, 0.6) is 0 Å². The van der Waals surface area contributed by atoms with Crippen molar-refractivity contribution in [3.8, 4) is 0 Å². The minimum absolute atomic E-state index is 0.0583. The molecular weight excluding hydrogens is 510 g/mol. The van der Waals surface area contributed by atoms with Gasteiger partial charge in [-0.05, 0) is 12.8 Å². The van der Waals surface area contributed by atoms with Gasteiger partial charge in [0.1, 0.15) is 6.61 Å². The van der Waals surface area contributed by atoms with E-state index in [1.165, 1.54) is 141 Å². The molecule has 0 saturated heterocycles. The maximum Gasteiger partial charge on any atom is 0.305 e. The van der Waals surface area contributed by atoms with Crippen molar-refractivity contribution in [2.24, 2.45) is 0 Å². The summed E-state index contributed by atoms with van der Waals surface area (Å²) in [7, 11) is 0. The van der Waals surface area contributed by atoms with E-state index in [1.54, 1.807) is 4.90 Å². The molecule has 0 radical (unpaired) electrons. The predicted octanol–water partition coefficient (Wildman–Crippen LogP) is 10.3. The number of carbonyl (C=O) groups excluding carboxylic acids is 2. The maximum absolute atomic E-state index is 12.6. The molecule has 5 nitrogen and oxygen atoms in total. The Morgan fingerprint density at radius 3 is 1.20 bits per heavy atom. The van der Waals surface area contributed by atoms with E-state index in [9.17, 15) is 14.7 Å². The molecule has 0 fully saturated rings. The van der Waals surface area contributed by atoms with Gasteiger partial charge in [0.05, 0.1) is 13.2 Å². The lowest BCUT2D eigenvalue weighted by molar-refractivity contribution is -0.146. The lowest BCUT2D eigenvalue weighted by atomic mass is 10.0. The lowest BCUT2D eigenvalue weighted by Gasteiger charge is -2.21. The summed E-state index contributed by atoms with van der Waals surface area (Å²) in [6, 6.07) is 0. The molecule has 0 heterocycles. The zero-order valence-electron chi connectivity index (χ0n) is 27.7. The van der Waals surface area contributed by atoms with Crippen LogP contribution in [0.4, 0.5) is 0 Å². The van der Waals surface area contributed by atoms with Crippen LogP contribution >= 0.6 is 0 Å². The van der Waals surface area contributed by atoms with Crippen LogP contribution in [0.2, 0.25) is 0 Å². The molecule has 0 aromatic rings. The number of aliphatic hydroxyl groups is 1. The van der Waals surface area contributed by atoms with Gasteiger partial charge in [-0.3, -0.25) is 9.59 Å². The van der Waals surface area contributed by atoms with Crippen LogP contribution in [0.25, 0.3) is 0 Å². The first-order valence-electron chi connectivity index (χ1n) is 18.2. The Morgan fingerprint density at radius 1 is 0.488 bits per heavy atom. The first-order valence-corrected chi connectivity index (χ1v) is 18.2. The van der Waals surface area contributed by atoms with E-state index in [0.29, 0.717) is 25.9 Å². The highest BCUT2D eigenvalue weighted by Crippen LogP contribution is 2.15. The number of carbonyl (C=O) groups is 2. The first kappa shape index (κ1) is 39.9. The third-order valence-electron chi connectivity index (χ3n) is 8.33. The van der Waals surface area contributed by atoms with Crippen molar-refractivity contribution in [1.82, 2.24) is 4.90 Å². The van der Waals surface area contributed by atoms with Gasteiger partial charge in [0.2, 0.25) is 5.91 Å². The summed E-state index contributed by atoms with van der Waals surface area (Å²) in [6.07, 6.45) is 34.5. The highest BCUT2D eigenvalue weighted by Gasteiger charge is 2.13. The largest absolute Gasteiger partial charge is 0.464 e. The van der Waals surface area contributed by atoms with E-state index in [1.807, 2.05) is 0 Å². The van der Waals surface area contributed by atoms with Gasteiger partial charge < -0.3 is 14.7 Å². The molecule has 0 saturated carbocycles. The Hall–Kier alpha value is -1.10. The Bertz CT molecular complexity index is 554. The summed E-state index contributed by atoms with van der Waals surface area (Å²) in [6.45, 7) is 5.39. The average molecular weight is 582 g/mol. The second-order valence-corrected chi connectivity index (χ2v) is 12.3. The molecule has 0 rings (SSSR count). The molecule has 0 bridgehead atoms. The Kier molecular flexibility index (Phi) is 32.5. The SMILES string of the molecule is CCCCCCCCCCCCCCCC(=O)OCCN(CCO)C(=O)CCCCCCCCCCCCCCC. The molecule has 244 valence electrons. The lowest BCUT2D eigenvalue weighted by Crippen LogP contribution is -2.36. The molecule has 41 heavy (non-hydrogen) atoms. The second-order valence-electron chi connectivity index (χ2n) is 12.3. The number of hydrogen-bond donors (Lipinski definition) is 1. The van der Waals surface area contributed by atoms with Crippen LogP contribution in [-0.4, -0.2) is 48.2 Å². The van der Waals surface area contributed by atoms with Crippen LogP contribution in [0.15, 0.2) is 0 Å². The van der Waals surface area contributed by atoms with Crippen molar-refractivity contribution in [1.29, 1.82) is 0 Å². The number of aliphatic hydroxyl groups excluding tert-OH is 1. The van der Waals surface area contributed by atoms with Gasteiger partial charge in [0, 0.05) is 19.4 Å². The Balaban J connectivity index is 3.63. The Morgan fingerprint density at radius 2 is 0.829 bits per heavy atom. The van der Waals surface area contributed by atoms with Crippen molar-refractivity contribution in [2.75, 3.05) is 26.3 Å². The topological polar surface area (TPSA) is 66.8 Å². The molecule has 1 N–H and O–H groups in total. The van der Waals surface area contributed by atoms with E-state index in [4.69, 9.17) is 4.74 Å². The van der Waals surface area contributed by atoms with Crippen molar-refractivity contribution in [3.05, 3.63) is 0 Å². The van der Waals surface area contributed by atoms with Crippen LogP contribution in [-0.2, 0) is 14.3 Å². The molecular formula is C36H71NO4. The minimum Gasteiger partial charge on any atom is -0.464 e. The summed E-state index contributed by atoms with van der Waals surface area (Å²) in [5.41, 5.74) is 0. The monoisotopic (exact) mass is 582 g/mol. The highest BCUT2D eigenvalue weighted by molar-refractivity contribution is 5.76. The van der Waals surface area contributed by atoms with E-state index < -0.39 is 0 Å². The van der Waals surface area contributed by atoms with Gasteiger partial charge in [-0.1, -0.05) is 168 Å². The van der Waals surface area contributed by atoms with E-state index >= 15 is 0 Å². The molecule has 5 heteroatoms. The average Bonchev–Trinajstić information content (AvgIpc) is 2.97. The van der Waals surface area contributed by atoms with Crippen LogP contribution in [0.1, 0.15) is 194 Å². The molecule has 0 aliphatic carbocycles. The fourth-order valence-electron chi connectivity index (χ4n) is 5.56. The van der Waals surface area contributed by atoms with Gasteiger partial charge in [-0.25, -0.2) is 0 Å². The summed E-state index contributed by atoms with van der Waals surface area (Å²) >= 11 is 0. The Labute approximate surface area is 256 Å². The molecule has 0 spiro atoms. The van der Waals surface area contributed by atoms with Gasteiger partial charge in [-0.15, -0.1) is 0 Å². The standard InChI is InChI=1S/C36H71NO4/c1-3-5-7-9-11-13-15-17-19-21-23-25-27-29-35(39)37(31-33-38)32-34-41-36(40)30-28-26-24-22-20-18-16-14-12-10-8-6-4-2/h38H,3-34H2,1-2H3. The molecule has 0 aliphatic heterocycles. The summed E-state index contributed by atoms with van der Waals surface area (Å²) in [5, 5.41) is 9.36. The fourth-order valence-corrected chi connectivity index (χ4v) is 5.56. The minimum atomic E-state index is -0.166. The van der Waals surface area contributed by atoms with Gasteiger partial charge >= 0.3 is 5.97 Å². The summed E-state index contributed by atoms with van der Waals surface area (Å²) < 4.78 is 5.38. The van der Waals surface area contributed by atoms with Gasteiger partial charge in [0.15, 0.2) is 0 Å². The van der Waals surface area contributed by atoms with Crippen molar-refractivity contribution >= 4 is 11.9 Å². The fraction of sp³-hybridized carbons (Fsp3) is 0.944. The third kappa shape index (κ3) is 30.2. The number of rotatable bonds is 33. The van der Waals surface area contributed by atoms with Crippen molar-refractivity contribution < 1.29 is 19.4 Å². The summed E-state index contributed by atoms with van der Waals surface area (Å²) in [5.74, 6) is -0.101. The zero-order valence-corrected chi connectivity index (χ0v) is 27.7. The molecule has 0 aliphatic rings. The van der Waals surface area contributed by atoms with Crippen LogP contribution in [0, 0.1) is 0 Å².